The van der Waals surface area contributed by atoms with E-state index >= 15 is 0 Å². The Morgan fingerprint density at radius 3 is 2.83 bits per heavy atom. The van der Waals surface area contributed by atoms with Crippen LogP contribution < -0.4 is 5.32 Å². The van der Waals surface area contributed by atoms with Gasteiger partial charge in [-0.15, -0.1) is 0 Å². The molecule has 0 unspecified atom stereocenters. The Balaban J connectivity index is 1.95. The molecule has 0 radical (unpaired) electrons. The molecule has 2 N–H and O–H groups in total. The van der Waals surface area contributed by atoms with Crippen LogP contribution in [0.15, 0.2) is 18.2 Å². The Morgan fingerprint density at radius 1 is 1.57 bits per heavy atom. The van der Waals surface area contributed by atoms with Crippen LogP contribution in [0.3, 0.4) is 0 Å². The Morgan fingerprint density at radius 2 is 2.26 bits per heavy atom. The SMILES string of the molecule is C[C@H](O)[C@@H]1CCN(C(=O)NCC(C)(C)c2ccc(F)cc2Cl)C1. The molecule has 128 valence electrons. The van der Waals surface area contributed by atoms with Crippen LogP contribution in [-0.4, -0.2) is 41.8 Å². The fourth-order valence-corrected chi connectivity index (χ4v) is 3.33. The number of amides is 2. The molecule has 0 saturated carbocycles. The molecule has 2 atom stereocenters. The minimum atomic E-state index is -0.413. The number of urea groups is 1. The smallest absolute Gasteiger partial charge is 0.317 e. The molecule has 0 bridgehead atoms. The summed E-state index contributed by atoms with van der Waals surface area (Å²) in [7, 11) is 0. The van der Waals surface area contributed by atoms with Gasteiger partial charge in [0.25, 0.3) is 0 Å². The molecule has 1 saturated heterocycles. The fourth-order valence-electron chi connectivity index (χ4n) is 2.91. The van der Waals surface area contributed by atoms with Gasteiger partial charge < -0.3 is 15.3 Å². The van der Waals surface area contributed by atoms with Gasteiger partial charge in [0.2, 0.25) is 0 Å². The number of benzene rings is 1. The van der Waals surface area contributed by atoms with Crippen LogP contribution in [-0.2, 0) is 5.41 Å². The van der Waals surface area contributed by atoms with E-state index in [4.69, 9.17) is 11.6 Å². The standard InChI is InChI=1S/C17H24ClFN2O2/c1-11(22)12-6-7-21(9-12)16(23)20-10-17(2,3)14-5-4-13(19)8-15(14)18/h4-5,8,11-12,22H,6-7,9-10H2,1-3H3,(H,20,23)/t11-,12+/m0/s1. The minimum absolute atomic E-state index is 0.139. The molecule has 1 fully saturated rings. The lowest BCUT2D eigenvalue weighted by Gasteiger charge is -2.28. The normalized spacial score (nSPS) is 19.7. The molecule has 0 aliphatic carbocycles. The quantitative estimate of drug-likeness (QED) is 0.883. The summed E-state index contributed by atoms with van der Waals surface area (Å²) in [6, 6.07) is 4.18. The Labute approximate surface area is 141 Å². The highest BCUT2D eigenvalue weighted by Gasteiger charge is 2.30. The molecule has 1 aliphatic rings. The van der Waals surface area contributed by atoms with Crippen LogP contribution >= 0.6 is 11.6 Å². The second-order valence-corrected chi connectivity index (χ2v) is 7.31. The van der Waals surface area contributed by atoms with Gasteiger partial charge in [0, 0.05) is 36.0 Å². The minimum Gasteiger partial charge on any atom is -0.393 e. The summed E-state index contributed by atoms with van der Waals surface area (Å²) in [4.78, 5) is 14.0. The van der Waals surface area contributed by atoms with Crippen LogP contribution in [0.1, 0.15) is 32.8 Å². The lowest BCUT2D eigenvalue weighted by atomic mass is 9.84. The molecule has 1 aromatic rings. The van der Waals surface area contributed by atoms with Crippen molar-refractivity contribution in [1.29, 1.82) is 0 Å². The van der Waals surface area contributed by atoms with E-state index in [0.717, 1.165) is 12.0 Å². The van der Waals surface area contributed by atoms with E-state index in [2.05, 4.69) is 5.32 Å². The number of nitrogens with zero attached hydrogens (tertiary/aromatic N) is 1. The molecule has 1 aliphatic heterocycles. The van der Waals surface area contributed by atoms with Crippen molar-refractivity contribution in [2.45, 2.75) is 38.7 Å². The lowest BCUT2D eigenvalue weighted by molar-refractivity contribution is 0.129. The number of hydrogen-bond donors (Lipinski definition) is 2. The number of aliphatic hydroxyl groups is 1. The van der Waals surface area contributed by atoms with Gasteiger partial charge in [0.15, 0.2) is 0 Å². The molecule has 6 heteroatoms. The van der Waals surface area contributed by atoms with Gasteiger partial charge in [-0.05, 0) is 31.0 Å². The van der Waals surface area contributed by atoms with Crippen molar-refractivity contribution in [3.8, 4) is 0 Å². The molecule has 0 spiro atoms. The Hall–Kier alpha value is -1.33. The maximum atomic E-state index is 13.2. The molecule has 0 aromatic heterocycles. The number of carbonyl (C=O) groups is 1. The van der Waals surface area contributed by atoms with Gasteiger partial charge in [-0.1, -0.05) is 31.5 Å². The first-order valence-electron chi connectivity index (χ1n) is 7.87. The number of halogens is 2. The maximum absolute atomic E-state index is 13.2. The van der Waals surface area contributed by atoms with Gasteiger partial charge in [0.05, 0.1) is 6.10 Å². The summed E-state index contributed by atoms with van der Waals surface area (Å²) in [5.74, 6) is -0.236. The molecule has 2 amide bonds. The van der Waals surface area contributed by atoms with Crippen LogP contribution in [0.5, 0.6) is 0 Å². The fraction of sp³-hybridized carbons (Fsp3) is 0.588. The third-order valence-electron chi connectivity index (χ3n) is 4.54. The van der Waals surface area contributed by atoms with Crippen molar-refractivity contribution in [1.82, 2.24) is 10.2 Å². The number of hydrogen-bond acceptors (Lipinski definition) is 2. The zero-order chi connectivity index (χ0) is 17.2. The predicted molar refractivity (Wildman–Crippen MR) is 89.2 cm³/mol. The second-order valence-electron chi connectivity index (χ2n) is 6.90. The van der Waals surface area contributed by atoms with E-state index < -0.39 is 11.5 Å². The van der Waals surface area contributed by atoms with E-state index in [0.29, 0.717) is 24.7 Å². The summed E-state index contributed by atoms with van der Waals surface area (Å²) >= 11 is 6.12. The summed E-state index contributed by atoms with van der Waals surface area (Å²) in [6.07, 6.45) is 0.417. The number of likely N-dealkylation sites (tertiary alicyclic amines) is 1. The van der Waals surface area contributed by atoms with E-state index in [1.54, 1.807) is 17.9 Å². The lowest BCUT2D eigenvalue weighted by Crippen LogP contribution is -2.44. The van der Waals surface area contributed by atoms with Gasteiger partial charge in [-0.25, -0.2) is 9.18 Å². The summed E-state index contributed by atoms with van der Waals surface area (Å²) in [6.45, 7) is 7.28. The number of carbonyl (C=O) groups excluding carboxylic acids is 1. The highest BCUT2D eigenvalue weighted by molar-refractivity contribution is 6.31. The first kappa shape index (κ1) is 18.0. The van der Waals surface area contributed by atoms with E-state index in [9.17, 15) is 14.3 Å². The monoisotopic (exact) mass is 342 g/mol. The van der Waals surface area contributed by atoms with Crippen LogP contribution in [0.2, 0.25) is 5.02 Å². The molecule has 1 aromatic carbocycles. The topological polar surface area (TPSA) is 52.6 Å². The zero-order valence-electron chi connectivity index (χ0n) is 13.8. The average molecular weight is 343 g/mol. The highest BCUT2D eigenvalue weighted by atomic mass is 35.5. The first-order chi connectivity index (χ1) is 10.7. The molecule has 1 heterocycles. The Kier molecular flexibility index (Phi) is 5.53. The van der Waals surface area contributed by atoms with Gasteiger partial charge in [0.1, 0.15) is 5.82 Å². The van der Waals surface area contributed by atoms with Crippen molar-refractivity contribution in [2.24, 2.45) is 5.92 Å². The second kappa shape index (κ2) is 7.05. The summed E-state index contributed by atoms with van der Waals surface area (Å²) in [5.41, 5.74) is 0.383. The first-order valence-corrected chi connectivity index (χ1v) is 8.25. The van der Waals surface area contributed by atoms with Gasteiger partial charge >= 0.3 is 6.03 Å². The largest absolute Gasteiger partial charge is 0.393 e. The molecular weight excluding hydrogens is 319 g/mol. The highest BCUT2D eigenvalue weighted by Crippen LogP contribution is 2.30. The van der Waals surface area contributed by atoms with E-state index in [-0.39, 0.29) is 17.8 Å². The molecule has 23 heavy (non-hydrogen) atoms. The zero-order valence-corrected chi connectivity index (χ0v) is 14.5. The van der Waals surface area contributed by atoms with Crippen molar-refractivity contribution in [2.75, 3.05) is 19.6 Å². The van der Waals surface area contributed by atoms with Crippen LogP contribution in [0, 0.1) is 11.7 Å². The van der Waals surface area contributed by atoms with Gasteiger partial charge in [-0.3, -0.25) is 0 Å². The van der Waals surface area contributed by atoms with Crippen molar-refractivity contribution in [3.05, 3.63) is 34.6 Å². The molecule has 2 rings (SSSR count). The third kappa shape index (κ3) is 4.36. The Bertz CT molecular complexity index is 578. The molecule has 4 nitrogen and oxygen atoms in total. The average Bonchev–Trinajstić information content (AvgIpc) is 2.94. The van der Waals surface area contributed by atoms with Crippen molar-refractivity contribution in [3.63, 3.8) is 0 Å². The summed E-state index contributed by atoms with van der Waals surface area (Å²) in [5, 5.41) is 12.9. The van der Waals surface area contributed by atoms with Gasteiger partial charge in [-0.2, -0.15) is 0 Å². The van der Waals surface area contributed by atoms with Crippen LogP contribution in [0.4, 0.5) is 9.18 Å². The number of aliphatic hydroxyl groups excluding tert-OH is 1. The van der Waals surface area contributed by atoms with Crippen molar-refractivity contribution >= 4 is 17.6 Å². The van der Waals surface area contributed by atoms with E-state index in [1.165, 1.54) is 12.1 Å². The van der Waals surface area contributed by atoms with E-state index in [1.807, 2.05) is 13.8 Å². The van der Waals surface area contributed by atoms with Crippen molar-refractivity contribution < 1.29 is 14.3 Å². The number of nitrogens with one attached hydrogen (secondary N) is 1. The maximum Gasteiger partial charge on any atom is 0.317 e. The third-order valence-corrected chi connectivity index (χ3v) is 4.85. The van der Waals surface area contributed by atoms with Crippen LogP contribution in [0.25, 0.3) is 0 Å². The number of rotatable bonds is 4. The predicted octanol–water partition coefficient (Wildman–Crippen LogP) is 3.17. The molecular formula is C17H24ClFN2O2. The summed E-state index contributed by atoms with van der Waals surface area (Å²) < 4.78 is 13.2.